The zero-order valence-corrected chi connectivity index (χ0v) is 15.4. The third-order valence-electron chi connectivity index (χ3n) is 4.59. The third kappa shape index (κ3) is 3.35. The molecule has 0 saturated carbocycles. The summed E-state index contributed by atoms with van der Waals surface area (Å²) in [5.41, 5.74) is 2.63. The summed E-state index contributed by atoms with van der Waals surface area (Å²) in [7, 11) is 0. The predicted molar refractivity (Wildman–Crippen MR) is 98.9 cm³/mol. The molecule has 1 N–H and O–H groups in total. The molecule has 2 unspecified atom stereocenters. The van der Waals surface area contributed by atoms with E-state index >= 15 is 0 Å². The molecule has 0 radical (unpaired) electrons. The number of thioether (sulfide) groups is 1. The minimum atomic E-state index is -1.35. The van der Waals surface area contributed by atoms with Gasteiger partial charge in [0.15, 0.2) is 0 Å². The first-order chi connectivity index (χ1) is 12.7. The molecular weight excluding hydrogens is 350 g/mol. The van der Waals surface area contributed by atoms with Crippen LogP contribution in [0.25, 0.3) is 5.52 Å². The van der Waals surface area contributed by atoms with E-state index in [4.69, 9.17) is 9.47 Å². The molecule has 4 rings (SSSR count). The van der Waals surface area contributed by atoms with Gasteiger partial charge >= 0.3 is 0 Å². The van der Waals surface area contributed by atoms with Crippen LogP contribution >= 0.6 is 11.8 Å². The monoisotopic (exact) mass is 371 g/mol. The predicted octanol–water partition coefficient (Wildman–Crippen LogP) is 2.99. The van der Waals surface area contributed by atoms with Gasteiger partial charge in [0.2, 0.25) is 5.79 Å². The Hall–Kier alpha value is -1.93. The van der Waals surface area contributed by atoms with E-state index in [-0.39, 0.29) is 6.10 Å². The Bertz CT molecular complexity index is 886. The Morgan fingerprint density at radius 2 is 2.15 bits per heavy atom. The largest absolute Gasteiger partial charge is 0.374 e. The number of aromatic nitrogens is 3. The first-order valence-electron chi connectivity index (χ1n) is 8.59. The van der Waals surface area contributed by atoms with E-state index < -0.39 is 5.79 Å². The fourth-order valence-electron chi connectivity index (χ4n) is 3.30. The SMILES string of the molecule is CSc1ncnn2c(C3(O)CCC(COCc4ccccc4)O3)ccc12. The maximum atomic E-state index is 11.0. The van der Waals surface area contributed by atoms with Crippen molar-refractivity contribution in [2.75, 3.05) is 12.9 Å². The first-order valence-corrected chi connectivity index (χ1v) is 9.81. The van der Waals surface area contributed by atoms with Gasteiger partial charge in [-0.25, -0.2) is 9.50 Å². The average Bonchev–Trinajstić information content (AvgIpc) is 3.27. The highest BCUT2D eigenvalue weighted by Gasteiger charge is 2.42. The standard InChI is InChI=1S/C19H21N3O3S/c1-26-18-16-7-8-17(22(16)21-13-20-18)19(23)10-9-15(25-19)12-24-11-14-5-3-2-4-6-14/h2-8,13,15,23H,9-12H2,1H3. The van der Waals surface area contributed by atoms with E-state index in [0.29, 0.717) is 25.3 Å². The van der Waals surface area contributed by atoms with Gasteiger partial charge in [0.05, 0.1) is 24.8 Å². The molecule has 0 amide bonds. The van der Waals surface area contributed by atoms with E-state index in [1.54, 1.807) is 16.3 Å². The number of nitrogens with zero attached hydrogens (tertiary/aromatic N) is 3. The van der Waals surface area contributed by atoms with Crippen LogP contribution < -0.4 is 0 Å². The van der Waals surface area contributed by atoms with Gasteiger partial charge in [0, 0.05) is 6.42 Å². The summed E-state index contributed by atoms with van der Waals surface area (Å²) in [4.78, 5) is 4.26. The van der Waals surface area contributed by atoms with Crippen LogP contribution in [0.3, 0.4) is 0 Å². The van der Waals surface area contributed by atoms with Crippen molar-refractivity contribution in [3.05, 3.63) is 60.0 Å². The van der Waals surface area contributed by atoms with E-state index in [1.807, 2.05) is 48.7 Å². The summed E-state index contributed by atoms with van der Waals surface area (Å²) >= 11 is 1.55. The molecule has 26 heavy (non-hydrogen) atoms. The summed E-state index contributed by atoms with van der Waals surface area (Å²) in [5, 5.41) is 16.2. The smallest absolute Gasteiger partial charge is 0.210 e. The zero-order valence-electron chi connectivity index (χ0n) is 14.5. The number of ether oxygens (including phenoxy) is 2. The third-order valence-corrected chi connectivity index (χ3v) is 5.29. The lowest BCUT2D eigenvalue weighted by atomic mass is 10.1. The van der Waals surface area contributed by atoms with Crippen molar-refractivity contribution < 1.29 is 14.6 Å². The molecule has 0 spiro atoms. The number of hydrogen-bond donors (Lipinski definition) is 1. The Morgan fingerprint density at radius 1 is 1.31 bits per heavy atom. The highest BCUT2D eigenvalue weighted by Crippen LogP contribution is 2.38. The van der Waals surface area contributed by atoms with Crippen molar-refractivity contribution in [2.45, 2.75) is 36.4 Å². The normalized spacial score (nSPS) is 22.9. The second kappa shape index (κ2) is 7.36. The highest BCUT2D eigenvalue weighted by molar-refractivity contribution is 7.98. The van der Waals surface area contributed by atoms with Gasteiger partial charge in [-0.05, 0) is 30.4 Å². The highest BCUT2D eigenvalue weighted by atomic mass is 32.2. The van der Waals surface area contributed by atoms with Crippen LogP contribution in [0.4, 0.5) is 0 Å². The van der Waals surface area contributed by atoms with Gasteiger partial charge < -0.3 is 14.6 Å². The van der Waals surface area contributed by atoms with Crippen LogP contribution in [0.5, 0.6) is 0 Å². The van der Waals surface area contributed by atoms with Crippen molar-refractivity contribution >= 4 is 17.3 Å². The van der Waals surface area contributed by atoms with Crippen molar-refractivity contribution in [3.8, 4) is 0 Å². The molecule has 1 aliphatic heterocycles. The lowest BCUT2D eigenvalue weighted by molar-refractivity contribution is -0.211. The van der Waals surface area contributed by atoms with Gasteiger partial charge in [-0.15, -0.1) is 11.8 Å². The molecule has 0 bridgehead atoms. The van der Waals surface area contributed by atoms with Crippen molar-refractivity contribution in [1.29, 1.82) is 0 Å². The summed E-state index contributed by atoms with van der Waals surface area (Å²) in [6.45, 7) is 0.989. The van der Waals surface area contributed by atoms with Gasteiger partial charge in [0.1, 0.15) is 17.0 Å². The number of hydrogen-bond acceptors (Lipinski definition) is 6. The van der Waals surface area contributed by atoms with Crippen LogP contribution in [0.1, 0.15) is 24.1 Å². The summed E-state index contributed by atoms with van der Waals surface area (Å²) in [5.74, 6) is -1.35. The lowest BCUT2D eigenvalue weighted by Gasteiger charge is -2.23. The average molecular weight is 371 g/mol. The second-order valence-corrected chi connectivity index (χ2v) is 7.14. The summed E-state index contributed by atoms with van der Waals surface area (Å²) in [6, 6.07) is 13.8. The minimum absolute atomic E-state index is 0.142. The van der Waals surface area contributed by atoms with E-state index in [9.17, 15) is 5.11 Å². The van der Waals surface area contributed by atoms with Gasteiger partial charge in [-0.2, -0.15) is 5.10 Å². The quantitative estimate of drug-likeness (QED) is 0.672. The van der Waals surface area contributed by atoms with Crippen LogP contribution in [0.15, 0.2) is 53.8 Å². The van der Waals surface area contributed by atoms with Gasteiger partial charge in [-0.3, -0.25) is 0 Å². The Labute approximate surface area is 156 Å². The zero-order chi connectivity index (χ0) is 18.0. The molecular formula is C19H21N3O3S. The lowest BCUT2D eigenvalue weighted by Crippen LogP contribution is -2.29. The second-order valence-electron chi connectivity index (χ2n) is 6.35. The fourth-order valence-corrected chi connectivity index (χ4v) is 3.82. The number of aliphatic hydroxyl groups is 1. The van der Waals surface area contributed by atoms with Gasteiger partial charge in [-0.1, -0.05) is 30.3 Å². The van der Waals surface area contributed by atoms with Crippen molar-refractivity contribution in [2.24, 2.45) is 0 Å². The number of benzene rings is 1. The molecule has 1 aromatic carbocycles. The Kier molecular flexibility index (Phi) is 4.95. The molecule has 1 saturated heterocycles. The number of rotatable bonds is 6. The van der Waals surface area contributed by atoms with E-state index in [1.165, 1.54) is 6.33 Å². The molecule has 6 nitrogen and oxygen atoms in total. The number of fused-ring (bicyclic) bond motifs is 1. The van der Waals surface area contributed by atoms with Crippen LogP contribution in [-0.2, 0) is 21.9 Å². The summed E-state index contributed by atoms with van der Waals surface area (Å²) < 4.78 is 13.4. The first kappa shape index (κ1) is 17.5. The topological polar surface area (TPSA) is 68.9 Å². The molecule has 2 atom stereocenters. The molecule has 3 heterocycles. The van der Waals surface area contributed by atoms with Gasteiger partial charge in [0.25, 0.3) is 0 Å². The molecule has 2 aromatic heterocycles. The molecule has 0 aliphatic carbocycles. The molecule has 3 aromatic rings. The van der Waals surface area contributed by atoms with Crippen molar-refractivity contribution in [3.63, 3.8) is 0 Å². The van der Waals surface area contributed by atoms with E-state index in [0.717, 1.165) is 22.5 Å². The van der Waals surface area contributed by atoms with E-state index in [2.05, 4.69) is 10.1 Å². The maximum Gasteiger partial charge on any atom is 0.210 e. The minimum Gasteiger partial charge on any atom is -0.374 e. The summed E-state index contributed by atoms with van der Waals surface area (Å²) in [6.07, 6.45) is 4.57. The maximum absolute atomic E-state index is 11.0. The Morgan fingerprint density at radius 3 is 2.96 bits per heavy atom. The van der Waals surface area contributed by atoms with Crippen LogP contribution in [0, 0.1) is 0 Å². The van der Waals surface area contributed by atoms with Crippen LogP contribution in [-0.4, -0.2) is 38.7 Å². The van der Waals surface area contributed by atoms with Crippen molar-refractivity contribution in [1.82, 2.24) is 14.6 Å². The fraction of sp³-hybridized carbons (Fsp3) is 0.368. The molecule has 7 heteroatoms. The molecule has 1 fully saturated rings. The Balaban J connectivity index is 1.44. The molecule has 1 aliphatic rings. The molecule has 136 valence electrons. The van der Waals surface area contributed by atoms with Crippen LogP contribution in [0.2, 0.25) is 0 Å².